The van der Waals surface area contributed by atoms with Gasteiger partial charge >= 0.3 is 12.1 Å². The van der Waals surface area contributed by atoms with Crippen LogP contribution in [-0.4, -0.2) is 17.1 Å². The molecule has 0 amide bonds. The normalized spacial score (nSPS) is 31.6. The molecule has 2 aliphatic carbocycles. The number of pyridine rings is 1. The number of hydrogen-bond donors (Lipinski definition) is 0. The number of alkyl halides is 3. The van der Waals surface area contributed by atoms with Crippen molar-refractivity contribution in [1.82, 2.24) is 4.98 Å². The summed E-state index contributed by atoms with van der Waals surface area (Å²) in [5, 5.41) is 0. The summed E-state index contributed by atoms with van der Waals surface area (Å²) in [6, 6.07) is 9.14. The van der Waals surface area contributed by atoms with Crippen molar-refractivity contribution in [3.05, 3.63) is 53.9 Å². The molecule has 0 N–H and O–H groups in total. The first-order chi connectivity index (χ1) is 15.8. The second-order valence-corrected chi connectivity index (χ2v) is 10.1. The predicted octanol–water partition coefficient (Wildman–Crippen LogP) is 6.70. The maximum Gasteiger partial charge on any atom is 0.416 e. The van der Waals surface area contributed by atoms with Gasteiger partial charge in [0.25, 0.3) is 0 Å². The third-order valence-electron chi connectivity index (χ3n) is 8.26. The highest BCUT2D eigenvalue weighted by Gasteiger charge is 2.54. The Hall–Kier alpha value is -2.37. The molecule has 3 aliphatic rings. The highest BCUT2D eigenvalue weighted by Crippen LogP contribution is 2.54. The van der Waals surface area contributed by atoms with Crippen molar-refractivity contribution in [2.45, 2.75) is 64.1 Å². The molecule has 3 nitrogen and oxygen atoms in total. The first-order valence-corrected chi connectivity index (χ1v) is 12.1. The lowest BCUT2D eigenvalue weighted by Gasteiger charge is -2.47. The average Bonchev–Trinajstić information content (AvgIpc) is 3.09. The fourth-order valence-corrected chi connectivity index (χ4v) is 6.78. The number of halogens is 3. The smallest absolute Gasteiger partial charge is 0.416 e. The van der Waals surface area contributed by atoms with Crippen LogP contribution in [0.4, 0.5) is 13.2 Å². The van der Waals surface area contributed by atoms with Gasteiger partial charge in [-0.2, -0.15) is 13.2 Å². The van der Waals surface area contributed by atoms with E-state index in [2.05, 4.69) is 4.98 Å². The fourth-order valence-electron chi connectivity index (χ4n) is 6.78. The van der Waals surface area contributed by atoms with E-state index < -0.39 is 11.7 Å². The molecule has 1 saturated heterocycles. The van der Waals surface area contributed by atoms with E-state index in [1.807, 2.05) is 19.1 Å². The first-order valence-electron chi connectivity index (χ1n) is 12.1. The minimum absolute atomic E-state index is 0.00918. The Balaban J connectivity index is 1.31. The van der Waals surface area contributed by atoms with Crippen LogP contribution in [0, 0.1) is 29.6 Å². The van der Waals surface area contributed by atoms with E-state index in [1.54, 1.807) is 12.3 Å². The van der Waals surface area contributed by atoms with Crippen LogP contribution in [0.5, 0.6) is 0 Å². The summed E-state index contributed by atoms with van der Waals surface area (Å²) in [5.41, 5.74) is 1.48. The minimum Gasteiger partial charge on any atom is -0.462 e. The van der Waals surface area contributed by atoms with Crippen LogP contribution in [-0.2, 0) is 22.1 Å². The lowest BCUT2D eigenvalue weighted by molar-refractivity contribution is -0.144. The molecule has 176 valence electrons. The number of esters is 1. The zero-order valence-corrected chi connectivity index (χ0v) is 18.9. The molecule has 33 heavy (non-hydrogen) atoms. The van der Waals surface area contributed by atoms with E-state index in [1.165, 1.54) is 37.8 Å². The van der Waals surface area contributed by atoms with E-state index in [9.17, 15) is 18.0 Å². The van der Waals surface area contributed by atoms with E-state index in [-0.39, 0.29) is 18.0 Å². The van der Waals surface area contributed by atoms with Crippen LogP contribution in [0.25, 0.3) is 11.1 Å². The Labute approximate surface area is 192 Å². The molecule has 0 radical (unpaired) electrons. The molecule has 1 aromatic heterocycles. The van der Waals surface area contributed by atoms with Gasteiger partial charge in [-0.15, -0.1) is 0 Å². The number of rotatable bonds is 4. The molecule has 0 spiro atoms. The molecule has 3 fully saturated rings. The number of ether oxygens (including phenoxy) is 1. The van der Waals surface area contributed by atoms with Gasteiger partial charge in [-0.05, 0) is 74.1 Å². The lowest BCUT2D eigenvalue weighted by atomic mass is 9.56. The van der Waals surface area contributed by atoms with Crippen LogP contribution >= 0.6 is 0 Å². The zero-order valence-electron chi connectivity index (χ0n) is 18.9. The second-order valence-electron chi connectivity index (χ2n) is 10.1. The van der Waals surface area contributed by atoms with Gasteiger partial charge in [0.2, 0.25) is 0 Å². The van der Waals surface area contributed by atoms with E-state index >= 15 is 0 Å². The molecule has 6 heteroatoms. The van der Waals surface area contributed by atoms with Gasteiger partial charge in [-0.25, -0.2) is 0 Å². The number of nitrogens with zero attached hydrogens (tertiary/aromatic N) is 1. The minimum atomic E-state index is -4.36. The molecule has 6 atom stereocenters. The second kappa shape index (κ2) is 8.77. The number of hydrogen-bond acceptors (Lipinski definition) is 3. The van der Waals surface area contributed by atoms with Crippen molar-refractivity contribution in [3.63, 3.8) is 0 Å². The van der Waals surface area contributed by atoms with E-state index in [0.717, 1.165) is 31.0 Å². The molecule has 5 rings (SSSR count). The van der Waals surface area contributed by atoms with Gasteiger partial charge in [0.05, 0.1) is 11.5 Å². The number of benzene rings is 1. The summed E-state index contributed by atoms with van der Waals surface area (Å²) >= 11 is 0. The molecule has 2 heterocycles. The van der Waals surface area contributed by atoms with Gasteiger partial charge in [0, 0.05) is 23.4 Å². The highest BCUT2D eigenvalue weighted by atomic mass is 19.4. The van der Waals surface area contributed by atoms with Crippen molar-refractivity contribution in [2.24, 2.45) is 29.6 Å². The quantitative estimate of drug-likeness (QED) is 0.480. The summed E-state index contributed by atoms with van der Waals surface area (Å²) in [5.74, 6) is 2.06. The molecule has 2 saturated carbocycles. The Morgan fingerprint density at radius 3 is 2.67 bits per heavy atom. The Kier molecular flexibility index (Phi) is 5.96. The van der Waals surface area contributed by atoms with Gasteiger partial charge < -0.3 is 4.74 Å². The lowest BCUT2D eigenvalue weighted by Crippen LogP contribution is -2.43. The molecule has 0 bridgehead atoms. The predicted molar refractivity (Wildman–Crippen MR) is 119 cm³/mol. The molecule has 5 unspecified atom stereocenters. The number of carbonyl (C=O) groups excluding carboxylic acids is 1. The van der Waals surface area contributed by atoms with Crippen molar-refractivity contribution < 1.29 is 22.7 Å². The summed E-state index contributed by atoms with van der Waals surface area (Å²) in [4.78, 5) is 17.0. The van der Waals surface area contributed by atoms with Gasteiger partial charge in [-0.1, -0.05) is 37.5 Å². The number of aryl methyl sites for hydroxylation is 1. The topological polar surface area (TPSA) is 39.2 Å². The number of cyclic esters (lactones) is 1. The van der Waals surface area contributed by atoms with Gasteiger partial charge in [0.1, 0.15) is 6.10 Å². The number of fused-ring (bicyclic) bond motifs is 2. The van der Waals surface area contributed by atoms with Crippen molar-refractivity contribution in [1.29, 1.82) is 0 Å². The maximum absolute atomic E-state index is 13.0. The van der Waals surface area contributed by atoms with Crippen LogP contribution in [0.2, 0.25) is 0 Å². The van der Waals surface area contributed by atoms with E-state index in [4.69, 9.17) is 4.74 Å². The molecule has 1 aliphatic heterocycles. The monoisotopic (exact) mass is 457 g/mol. The Morgan fingerprint density at radius 1 is 1.09 bits per heavy atom. The zero-order chi connectivity index (χ0) is 23.2. The summed E-state index contributed by atoms with van der Waals surface area (Å²) < 4.78 is 44.8. The van der Waals surface area contributed by atoms with Crippen LogP contribution in [0.1, 0.15) is 56.7 Å². The van der Waals surface area contributed by atoms with Crippen LogP contribution in [0.3, 0.4) is 0 Å². The summed E-state index contributed by atoms with van der Waals surface area (Å²) in [6.45, 7) is 2.04. The molecule has 1 aromatic carbocycles. The molecular formula is C27H30F3NO2. The number of aromatic nitrogens is 1. The van der Waals surface area contributed by atoms with Crippen molar-refractivity contribution in [3.8, 4) is 11.1 Å². The van der Waals surface area contributed by atoms with E-state index in [0.29, 0.717) is 34.8 Å². The third-order valence-corrected chi connectivity index (χ3v) is 8.26. The van der Waals surface area contributed by atoms with Crippen molar-refractivity contribution in [2.75, 3.05) is 0 Å². The average molecular weight is 458 g/mol. The van der Waals surface area contributed by atoms with Gasteiger partial charge in [-0.3, -0.25) is 9.78 Å². The first kappa shape index (κ1) is 22.4. The third kappa shape index (κ3) is 4.41. The molecule has 2 aromatic rings. The SMILES string of the molecule is C[C@H]1OC(=O)C2CC3CCCCC3C(CCc3ccc(-c4cccc(C(F)(F)F)c4)cn3)C21. The van der Waals surface area contributed by atoms with Crippen LogP contribution < -0.4 is 0 Å². The maximum atomic E-state index is 13.0. The largest absolute Gasteiger partial charge is 0.462 e. The standard InChI is InChI=1S/C27H30F3NO2/c1-16-25-23(22-8-3-2-5-18(22)14-24(25)26(32)33-16)12-11-21-10-9-19(15-31-21)17-6-4-7-20(13-17)27(28,29)30/h4,6-7,9-10,13,15-16,18,22-25H,2-3,5,8,11-12,14H2,1H3/t16-,18?,22?,23?,24?,25?/m1/s1. The highest BCUT2D eigenvalue weighted by molar-refractivity contribution is 5.75. The summed E-state index contributed by atoms with van der Waals surface area (Å²) in [7, 11) is 0. The van der Waals surface area contributed by atoms with Gasteiger partial charge in [0.15, 0.2) is 0 Å². The van der Waals surface area contributed by atoms with Crippen molar-refractivity contribution >= 4 is 5.97 Å². The molecular weight excluding hydrogens is 427 g/mol. The fraction of sp³-hybridized carbons (Fsp3) is 0.556. The number of carbonyl (C=O) groups is 1. The van der Waals surface area contributed by atoms with Crippen LogP contribution in [0.15, 0.2) is 42.6 Å². The summed E-state index contributed by atoms with van der Waals surface area (Å²) in [6.07, 6.45) is 5.03. The Bertz CT molecular complexity index is 1000. The Morgan fingerprint density at radius 2 is 1.91 bits per heavy atom.